The molecule has 1 aliphatic heterocycles. The zero-order chi connectivity index (χ0) is 15.5. The zero-order valence-electron chi connectivity index (χ0n) is 12.7. The molecule has 22 heavy (non-hydrogen) atoms. The van der Waals surface area contributed by atoms with E-state index in [2.05, 4.69) is 45.5 Å². The minimum Gasteiger partial charge on any atom is -0.323 e. The van der Waals surface area contributed by atoms with Crippen LogP contribution in [0.4, 0.5) is 5.69 Å². The Morgan fingerprint density at radius 3 is 2.77 bits per heavy atom. The third-order valence-electron chi connectivity index (χ3n) is 4.16. The van der Waals surface area contributed by atoms with E-state index in [4.69, 9.17) is 0 Å². The van der Waals surface area contributed by atoms with Gasteiger partial charge in [0.2, 0.25) is 0 Å². The Morgan fingerprint density at radius 1 is 1.23 bits per heavy atom. The molecule has 2 N–H and O–H groups in total. The summed E-state index contributed by atoms with van der Waals surface area (Å²) in [6, 6.07) is 14.4. The van der Waals surface area contributed by atoms with Crippen molar-refractivity contribution in [3.8, 4) is 0 Å². The second-order valence-corrected chi connectivity index (χ2v) is 6.74. The van der Waals surface area contributed by atoms with Crippen LogP contribution < -0.4 is 10.2 Å². The third kappa shape index (κ3) is 3.57. The highest BCUT2D eigenvalue weighted by molar-refractivity contribution is 9.10. The second-order valence-electron chi connectivity index (χ2n) is 5.88. The molecule has 0 aromatic heterocycles. The number of carbonyl (C=O) groups is 1. The van der Waals surface area contributed by atoms with Gasteiger partial charge in [-0.25, -0.2) is 0 Å². The number of fused-ring (bicyclic) bond motifs is 1. The van der Waals surface area contributed by atoms with Gasteiger partial charge in [-0.3, -0.25) is 4.79 Å². The first kappa shape index (κ1) is 15.3. The van der Waals surface area contributed by atoms with Gasteiger partial charge in [-0.1, -0.05) is 40.2 Å². The van der Waals surface area contributed by atoms with Gasteiger partial charge in [0.15, 0.2) is 6.54 Å². The number of aryl methyl sites for hydroxylation is 1. The quantitative estimate of drug-likeness (QED) is 0.866. The molecule has 4 heteroatoms. The Bertz CT molecular complexity index is 699. The molecule has 1 atom stereocenters. The number of halogens is 1. The minimum atomic E-state index is 0.0797. The maximum Gasteiger partial charge on any atom is 0.279 e. The van der Waals surface area contributed by atoms with E-state index in [1.807, 2.05) is 25.1 Å². The number of benzene rings is 2. The largest absolute Gasteiger partial charge is 0.323 e. The summed E-state index contributed by atoms with van der Waals surface area (Å²) >= 11 is 3.47. The fourth-order valence-electron chi connectivity index (χ4n) is 2.95. The van der Waals surface area contributed by atoms with Gasteiger partial charge in [-0.05, 0) is 36.2 Å². The van der Waals surface area contributed by atoms with Gasteiger partial charge in [0, 0.05) is 22.1 Å². The molecule has 1 unspecified atom stereocenters. The Balaban J connectivity index is 1.59. The summed E-state index contributed by atoms with van der Waals surface area (Å²) in [6.45, 7) is 4.49. The average Bonchev–Trinajstić information content (AvgIpc) is 2.51. The van der Waals surface area contributed by atoms with E-state index in [9.17, 15) is 4.79 Å². The van der Waals surface area contributed by atoms with E-state index in [1.54, 1.807) is 0 Å². The van der Waals surface area contributed by atoms with Gasteiger partial charge in [0.25, 0.3) is 5.91 Å². The lowest BCUT2D eigenvalue weighted by Crippen LogP contribution is -3.12. The molecule has 0 bridgehead atoms. The minimum absolute atomic E-state index is 0.0797. The van der Waals surface area contributed by atoms with Crippen LogP contribution >= 0.6 is 15.9 Å². The predicted octanol–water partition coefficient (Wildman–Crippen LogP) is 2.34. The molecule has 0 radical (unpaired) electrons. The van der Waals surface area contributed by atoms with Crippen molar-refractivity contribution in [2.45, 2.75) is 19.9 Å². The number of quaternary nitrogens is 1. The smallest absolute Gasteiger partial charge is 0.279 e. The molecular weight excluding hydrogens is 340 g/mol. The van der Waals surface area contributed by atoms with Crippen molar-refractivity contribution < 1.29 is 9.69 Å². The predicted molar refractivity (Wildman–Crippen MR) is 92.1 cm³/mol. The van der Waals surface area contributed by atoms with Crippen LogP contribution in [0.3, 0.4) is 0 Å². The fraction of sp³-hybridized carbons (Fsp3) is 0.278. The average molecular weight is 360 g/mol. The van der Waals surface area contributed by atoms with Gasteiger partial charge in [0.05, 0.1) is 6.54 Å². The Labute approximate surface area is 139 Å². The van der Waals surface area contributed by atoms with Gasteiger partial charge < -0.3 is 10.2 Å². The van der Waals surface area contributed by atoms with E-state index in [1.165, 1.54) is 16.0 Å². The van der Waals surface area contributed by atoms with Crippen molar-refractivity contribution in [3.05, 3.63) is 63.6 Å². The molecule has 2 aromatic rings. The molecule has 2 aromatic carbocycles. The van der Waals surface area contributed by atoms with Crippen molar-refractivity contribution in [2.24, 2.45) is 0 Å². The van der Waals surface area contributed by atoms with Crippen molar-refractivity contribution >= 4 is 27.5 Å². The number of carbonyl (C=O) groups excluding carboxylic acids is 1. The van der Waals surface area contributed by atoms with Crippen LogP contribution in [0.15, 0.2) is 46.9 Å². The number of nitrogens with one attached hydrogen (secondary N) is 2. The van der Waals surface area contributed by atoms with E-state index in [-0.39, 0.29) is 5.91 Å². The number of hydrogen-bond donors (Lipinski definition) is 2. The van der Waals surface area contributed by atoms with E-state index in [0.717, 1.165) is 35.2 Å². The highest BCUT2D eigenvalue weighted by Gasteiger charge is 2.21. The maximum atomic E-state index is 12.2. The molecule has 3 rings (SSSR count). The van der Waals surface area contributed by atoms with Crippen molar-refractivity contribution in [1.82, 2.24) is 0 Å². The Morgan fingerprint density at radius 2 is 2.00 bits per heavy atom. The van der Waals surface area contributed by atoms with Crippen LogP contribution in [-0.2, 0) is 17.8 Å². The van der Waals surface area contributed by atoms with Crippen molar-refractivity contribution in [3.63, 3.8) is 0 Å². The molecule has 0 spiro atoms. The monoisotopic (exact) mass is 359 g/mol. The lowest BCUT2D eigenvalue weighted by atomic mass is 10.00. The molecule has 0 saturated heterocycles. The molecule has 114 valence electrons. The lowest BCUT2D eigenvalue weighted by Gasteiger charge is -2.25. The number of amides is 1. The Hall–Kier alpha value is -1.65. The highest BCUT2D eigenvalue weighted by atomic mass is 79.9. The number of rotatable bonds is 3. The van der Waals surface area contributed by atoms with E-state index < -0.39 is 0 Å². The standard InChI is InChI=1S/C18H19BrN2O/c1-13-10-16(6-7-17(13)19)20-18(22)12-21-9-8-14-4-2-3-5-15(14)11-21/h2-7,10H,8-9,11-12H2,1H3,(H,20,22)/p+1. The highest BCUT2D eigenvalue weighted by Crippen LogP contribution is 2.19. The summed E-state index contributed by atoms with van der Waals surface area (Å²) in [7, 11) is 0. The normalized spacial score (nSPS) is 16.9. The van der Waals surface area contributed by atoms with E-state index in [0.29, 0.717) is 6.54 Å². The fourth-order valence-corrected chi connectivity index (χ4v) is 3.20. The molecule has 0 aliphatic carbocycles. The summed E-state index contributed by atoms with van der Waals surface area (Å²) in [4.78, 5) is 13.6. The number of anilines is 1. The van der Waals surface area contributed by atoms with Gasteiger partial charge in [-0.15, -0.1) is 0 Å². The van der Waals surface area contributed by atoms with Gasteiger partial charge in [0.1, 0.15) is 6.54 Å². The SMILES string of the molecule is Cc1cc(NC(=O)C[NH+]2CCc3ccccc3C2)ccc1Br. The zero-order valence-corrected chi connectivity index (χ0v) is 14.2. The summed E-state index contributed by atoms with van der Waals surface area (Å²) < 4.78 is 1.06. The molecule has 1 heterocycles. The first-order chi connectivity index (χ1) is 10.6. The van der Waals surface area contributed by atoms with Crippen LogP contribution in [0.25, 0.3) is 0 Å². The van der Waals surface area contributed by atoms with Gasteiger partial charge in [-0.2, -0.15) is 0 Å². The molecule has 0 fully saturated rings. The first-order valence-corrected chi connectivity index (χ1v) is 8.37. The second kappa shape index (κ2) is 6.63. The summed E-state index contributed by atoms with van der Waals surface area (Å²) in [5.41, 5.74) is 4.78. The van der Waals surface area contributed by atoms with Crippen LogP contribution in [0, 0.1) is 6.92 Å². The maximum absolute atomic E-state index is 12.2. The Kier molecular flexibility index (Phi) is 4.60. The topological polar surface area (TPSA) is 33.5 Å². The van der Waals surface area contributed by atoms with Crippen LogP contribution in [0.5, 0.6) is 0 Å². The molecule has 1 aliphatic rings. The first-order valence-electron chi connectivity index (χ1n) is 7.58. The number of hydrogen-bond acceptors (Lipinski definition) is 1. The van der Waals surface area contributed by atoms with Gasteiger partial charge >= 0.3 is 0 Å². The third-order valence-corrected chi connectivity index (χ3v) is 5.05. The van der Waals surface area contributed by atoms with Crippen molar-refractivity contribution in [1.29, 1.82) is 0 Å². The molecule has 1 amide bonds. The summed E-state index contributed by atoms with van der Waals surface area (Å²) in [6.07, 6.45) is 1.05. The lowest BCUT2D eigenvalue weighted by molar-refractivity contribution is -0.907. The molecular formula is C18H20BrN2O+. The summed E-state index contributed by atoms with van der Waals surface area (Å²) in [5.74, 6) is 0.0797. The van der Waals surface area contributed by atoms with Crippen molar-refractivity contribution in [2.75, 3.05) is 18.4 Å². The molecule has 3 nitrogen and oxygen atoms in total. The summed E-state index contributed by atoms with van der Waals surface area (Å²) in [5, 5.41) is 3.00. The molecule has 0 saturated carbocycles. The van der Waals surface area contributed by atoms with E-state index >= 15 is 0 Å². The van der Waals surface area contributed by atoms with Crippen LogP contribution in [0.2, 0.25) is 0 Å². The van der Waals surface area contributed by atoms with Crippen LogP contribution in [-0.4, -0.2) is 19.0 Å². The van der Waals surface area contributed by atoms with Crippen LogP contribution in [0.1, 0.15) is 16.7 Å².